The van der Waals surface area contributed by atoms with Crippen molar-refractivity contribution < 1.29 is 9.53 Å². The number of hydrogen-bond donors (Lipinski definition) is 0. The number of amides is 1. The highest BCUT2D eigenvalue weighted by atomic mass is 16.5. The molecule has 1 amide bonds. The minimum Gasteiger partial charge on any atom is -0.479 e. The summed E-state index contributed by atoms with van der Waals surface area (Å²) in [7, 11) is 0. The minimum absolute atomic E-state index is 0.0770. The number of carbonyl (C=O) groups excluding carboxylic acids is 1. The van der Waals surface area contributed by atoms with E-state index in [1.807, 2.05) is 4.90 Å². The Morgan fingerprint density at radius 2 is 1.86 bits per heavy atom. The van der Waals surface area contributed by atoms with Crippen LogP contribution in [0, 0.1) is 5.41 Å². The molecular formula is C17H32N2O2. The summed E-state index contributed by atoms with van der Waals surface area (Å²) < 4.78 is 5.36. The van der Waals surface area contributed by atoms with E-state index < -0.39 is 0 Å². The van der Waals surface area contributed by atoms with Gasteiger partial charge in [-0.25, -0.2) is 0 Å². The van der Waals surface area contributed by atoms with Gasteiger partial charge in [0.15, 0.2) is 5.90 Å². The average Bonchev–Trinajstić information content (AvgIpc) is 3.10. The highest BCUT2D eigenvalue weighted by Gasteiger charge is 2.32. The van der Waals surface area contributed by atoms with Crippen molar-refractivity contribution in [2.75, 3.05) is 19.7 Å². The quantitative estimate of drug-likeness (QED) is 0.794. The first kappa shape index (κ1) is 18.0. The van der Waals surface area contributed by atoms with Crippen molar-refractivity contribution in [3.05, 3.63) is 0 Å². The van der Waals surface area contributed by atoms with Crippen LogP contribution in [-0.2, 0) is 9.53 Å². The molecule has 0 bridgehead atoms. The van der Waals surface area contributed by atoms with E-state index in [1.54, 1.807) is 0 Å². The number of ether oxygens (including phenoxy) is 1. The highest BCUT2D eigenvalue weighted by molar-refractivity contribution is 5.82. The van der Waals surface area contributed by atoms with Crippen LogP contribution in [-0.4, -0.2) is 41.9 Å². The maximum absolute atomic E-state index is 11.3. The number of aliphatic imine (C=N–C) groups is 1. The van der Waals surface area contributed by atoms with Crippen molar-refractivity contribution in [2.45, 2.75) is 72.8 Å². The second-order valence-corrected chi connectivity index (χ2v) is 7.09. The lowest BCUT2D eigenvalue weighted by Gasteiger charge is -2.34. The topological polar surface area (TPSA) is 41.9 Å². The molecule has 1 fully saturated rings. The Morgan fingerprint density at radius 1 is 1.19 bits per heavy atom. The van der Waals surface area contributed by atoms with Crippen molar-refractivity contribution >= 4 is 11.8 Å². The molecule has 0 N–H and O–H groups in total. The molecule has 0 atom stereocenters. The summed E-state index contributed by atoms with van der Waals surface area (Å²) in [6, 6.07) is 0. The van der Waals surface area contributed by atoms with E-state index in [0.29, 0.717) is 5.91 Å². The van der Waals surface area contributed by atoms with Crippen LogP contribution in [0.1, 0.15) is 67.2 Å². The van der Waals surface area contributed by atoms with Crippen LogP contribution in [0.3, 0.4) is 0 Å². The predicted molar refractivity (Wildman–Crippen MR) is 87.6 cm³/mol. The third-order valence-corrected chi connectivity index (χ3v) is 4.72. The van der Waals surface area contributed by atoms with Crippen LogP contribution in [0.5, 0.6) is 0 Å². The Bertz CT molecular complexity index is 386. The van der Waals surface area contributed by atoms with Gasteiger partial charge in [0.05, 0.1) is 6.54 Å². The van der Waals surface area contributed by atoms with E-state index in [0.717, 1.165) is 51.3 Å². The SMILES string of the molecule is CCC(C)(C)C1=NCCO1.CCC(C)(C)N1CCCC1=O. The zero-order chi connectivity index (χ0) is 16.1. The Morgan fingerprint density at radius 3 is 2.24 bits per heavy atom. The normalized spacial score (nSPS) is 19.0. The highest BCUT2D eigenvalue weighted by Crippen LogP contribution is 2.25. The third kappa shape index (κ3) is 4.72. The largest absolute Gasteiger partial charge is 0.479 e. The number of rotatable bonds is 4. The maximum Gasteiger partial charge on any atom is 0.223 e. The van der Waals surface area contributed by atoms with Crippen molar-refractivity contribution in [2.24, 2.45) is 10.4 Å². The first-order chi connectivity index (χ1) is 9.74. The molecule has 0 aliphatic carbocycles. The molecule has 122 valence electrons. The number of hydrogen-bond acceptors (Lipinski definition) is 3. The van der Waals surface area contributed by atoms with Crippen molar-refractivity contribution in [3.63, 3.8) is 0 Å². The van der Waals surface area contributed by atoms with Gasteiger partial charge in [0.1, 0.15) is 6.61 Å². The Balaban J connectivity index is 0.000000211. The fraction of sp³-hybridized carbons (Fsp3) is 0.882. The lowest BCUT2D eigenvalue weighted by molar-refractivity contribution is -0.132. The van der Waals surface area contributed by atoms with Gasteiger partial charge in [-0.15, -0.1) is 0 Å². The molecule has 2 aliphatic rings. The molecule has 4 nitrogen and oxygen atoms in total. The van der Waals surface area contributed by atoms with Gasteiger partial charge in [-0.05, 0) is 33.1 Å². The molecule has 0 aromatic heterocycles. The summed E-state index contributed by atoms with van der Waals surface area (Å²) >= 11 is 0. The molecular weight excluding hydrogens is 264 g/mol. The smallest absolute Gasteiger partial charge is 0.223 e. The molecule has 0 unspecified atom stereocenters. The van der Waals surface area contributed by atoms with Crippen LogP contribution in [0.25, 0.3) is 0 Å². The van der Waals surface area contributed by atoms with Crippen LogP contribution in [0.15, 0.2) is 4.99 Å². The third-order valence-electron chi connectivity index (χ3n) is 4.72. The molecule has 0 saturated carbocycles. The van der Waals surface area contributed by atoms with Gasteiger partial charge in [-0.2, -0.15) is 0 Å². The summed E-state index contributed by atoms with van der Waals surface area (Å²) in [5.74, 6) is 1.27. The molecule has 21 heavy (non-hydrogen) atoms. The van der Waals surface area contributed by atoms with E-state index in [2.05, 4.69) is 46.5 Å². The summed E-state index contributed by atoms with van der Waals surface area (Å²) in [5.41, 5.74) is 0.226. The van der Waals surface area contributed by atoms with Gasteiger partial charge >= 0.3 is 0 Å². The predicted octanol–water partition coefficient (Wildman–Crippen LogP) is 3.65. The average molecular weight is 296 g/mol. The van der Waals surface area contributed by atoms with E-state index in [1.165, 1.54) is 0 Å². The molecule has 0 aromatic rings. The number of carbonyl (C=O) groups is 1. The van der Waals surface area contributed by atoms with Gasteiger partial charge in [-0.1, -0.05) is 27.7 Å². The molecule has 1 saturated heterocycles. The molecule has 0 radical (unpaired) electrons. The van der Waals surface area contributed by atoms with Gasteiger partial charge < -0.3 is 9.64 Å². The Kier molecular flexibility index (Phi) is 6.24. The second-order valence-electron chi connectivity index (χ2n) is 7.09. The van der Waals surface area contributed by atoms with Gasteiger partial charge in [0.2, 0.25) is 5.91 Å². The maximum atomic E-state index is 11.3. The summed E-state index contributed by atoms with van der Waals surface area (Å²) in [6.07, 6.45) is 3.93. The molecule has 0 aromatic carbocycles. The lowest BCUT2D eigenvalue weighted by atomic mass is 9.90. The van der Waals surface area contributed by atoms with Crippen molar-refractivity contribution in [3.8, 4) is 0 Å². The monoisotopic (exact) mass is 296 g/mol. The van der Waals surface area contributed by atoms with Gasteiger partial charge in [0.25, 0.3) is 0 Å². The molecule has 2 aliphatic heterocycles. The van der Waals surface area contributed by atoms with Crippen LogP contribution in [0.4, 0.5) is 0 Å². The number of nitrogens with zero attached hydrogens (tertiary/aromatic N) is 2. The Hall–Kier alpha value is -1.06. The summed E-state index contributed by atoms with van der Waals surface area (Å²) in [6.45, 7) is 15.5. The Labute approximate surface area is 130 Å². The van der Waals surface area contributed by atoms with Crippen molar-refractivity contribution in [1.82, 2.24) is 4.90 Å². The second kappa shape index (κ2) is 7.28. The lowest BCUT2D eigenvalue weighted by Crippen LogP contribution is -2.43. The van der Waals surface area contributed by atoms with Gasteiger partial charge in [0, 0.05) is 23.9 Å². The molecule has 2 heterocycles. The van der Waals surface area contributed by atoms with Crippen molar-refractivity contribution in [1.29, 1.82) is 0 Å². The van der Waals surface area contributed by atoms with Crippen LogP contribution >= 0.6 is 0 Å². The zero-order valence-electron chi connectivity index (χ0n) is 14.7. The van der Waals surface area contributed by atoms with Crippen LogP contribution < -0.4 is 0 Å². The zero-order valence-corrected chi connectivity index (χ0v) is 14.7. The fourth-order valence-electron chi connectivity index (χ4n) is 2.37. The molecule has 0 spiro atoms. The number of likely N-dealkylation sites (tertiary alicyclic amines) is 1. The van der Waals surface area contributed by atoms with E-state index in [4.69, 9.17) is 4.74 Å². The van der Waals surface area contributed by atoms with E-state index in [-0.39, 0.29) is 11.0 Å². The standard InChI is InChI=1S/C9H17NO.C8H15NO/c1-4-9(2,3)10-7-5-6-8(10)11;1-4-8(2,3)7-9-5-6-10-7/h4-7H2,1-3H3;4-6H2,1-3H3. The minimum atomic E-state index is 0.0770. The molecule has 2 rings (SSSR count). The van der Waals surface area contributed by atoms with E-state index in [9.17, 15) is 4.79 Å². The summed E-state index contributed by atoms with van der Waals surface area (Å²) in [4.78, 5) is 17.6. The fourth-order valence-corrected chi connectivity index (χ4v) is 2.37. The molecule has 4 heteroatoms. The van der Waals surface area contributed by atoms with Gasteiger partial charge in [-0.3, -0.25) is 9.79 Å². The first-order valence-electron chi connectivity index (χ1n) is 8.23. The van der Waals surface area contributed by atoms with Crippen LogP contribution in [0.2, 0.25) is 0 Å². The first-order valence-corrected chi connectivity index (χ1v) is 8.23. The summed E-state index contributed by atoms with van der Waals surface area (Å²) in [5, 5.41) is 0. The van der Waals surface area contributed by atoms with E-state index >= 15 is 0 Å².